The molecule has 6 nitrogen and oxygen atoms in total. The minimum Gasteiger partial charge on any atom is -0.493 e. The van der Waals surface area contributed by atoms with Crippen LogP contribution in [-0.2, 0) is 0 Å². The topological polar surface area (TPSA) is 56.6 Å². The van der Waals surface area contributed by atoms with Crippen LogP contribution in [0.2, 0.25) is 0 Å². The average Bonchev–Trinajstić information content (AvgIpc) is 3.02. The number of methoxy groups -OCH3 is 1. The molecule has 0 unspecified atom stereocenters. The van der Waals surface area contributed by atoms with Crippen molar-refractivity contribution in [2.24, 2.45) is 0 Å². The number of aromatic nitrogens is 2. The number of carbonyl (C=O) groups is 1. The van der Waals surface area contributed by atoms with E-state index >= 15 is 0 Å². The van der Waals surface area contributed by atoms with Gasteiger partial charge in [0.1, 0.15) is 12.4 Å². The molecule has 0 N–H and O–H groups in total. The summed E-state index contributed by atoms with van der Waals surface area (Å²) in [6.07, 6.45) is 0. The summed E-state index contributed by atoms with van der Waals surface area (Å²) in [7, 11) is 3.31. The maximum Gasteiger partial charge on any atom is 0.257 e. The summed E-state index contributed by atoms with van der Waals surface area (Å²) in [6, 6.07) is 13.4. The Balaban J connectivity index is 1.70. The van der Waals surface area contributed by atoms with Gasteiger partial charge in [0.05, 0.1) is 36.3 Å². The molecule has 0 radical (unpaired) electrons. The molecule has 2 aromatic carbocycles. The van der Waals surface area contributed by atoms with Crippen molar-refractivity contribution in [2.75, 3.05) is 27.3 Å². The second-order valence-electron chi connectivity index (χ2n) is 6.66. The third-order valence-electron chi connectivity index (χ3n) is 4.68. The number of hydrogen-bond acceptors (Lipinski definition) is 4. The lowest BCUT2D eigenvalue weighted by Gasteiger charge is -2.18. The van der Waals surface area contributed by atoms with Crippen molar-refractivity contribution >= 4 is 5.91 Å². The number of benzene rings is 2. The smallest absolute Gasteiger partial charge is 0.257 e. The quantitative estimate of drug-likeness (QED) is 0.609. The standard InChI is InChI=1S/C22H24FN3O3/c1-15-21(16(2)26(24-15)18-11-9-17(23)10-12-18)22(27)25(3)13-14-29-20-8-6-5-7-19(20)28-4/h5-12H,13-14H2,1-4H3. The van der Waals surface area contributed by atoms with E-state index in [1.165, 1.54) is 12.1 Å². The summed E-state index contributed by atoms with van der Waals surface area (Å²) in [5.74, 6) is 0.819. The van der Waals surface area contributed by atoms with E-state index in [0.29, 0.717) is 47.3 Å². The van der Waals surface area contributed by atoms with Gasteiger partial charge in [-0.1, -0.05) is 12.1 Å². The van der Waals surface area contributed by atoms with Crippen molar-refractivity contribution in [3.63, 3.8) is 0 Å². The lowest BCUT2D eigenvalue weighted by molar-refractivity contribution is 0.0771. The molecule has 29 heavy (non-hydrogen) atoms. The second kappa shape index (κ2) is 8.77. The summed E-state index contributed by atoms with van der Waals surface area (Å²) in [5.41, 5.74) is 2.56. The highest BCUT2D eigenvalue weighted by molar-refractivity contribution is 5.96. The number of likely N-dealkylation sites (N-methyl/N-ethyl adjacent to an activating group) is 1. The molecule has 0 bridgehead atoms. The number of halogens is 1. The van der Waals surface area contributed by atoms with Crippen molar-refractivity contribution in [3.05, 3.63) is 71.3 Å². The molecule has 0 saturated carbocycles. The molecule has 0 saturated heterocycles. The van der Waals surface area contributed by atoms with E-state index in [2.05, 4.69) is 5.10 Å². The van der Waals surface area contributed by atoms with Gasteiger partial charge in [-0.25, -0.2) is 9.07 Å². The Morgan fingerprint density at radius 2 is 1.76 bits per heavy atom. The molecule has 3 rings (SSSR count). The van der Waals surface area contributed by atoms with Gasteiger partial charge in [-0.05, 0) is 50.2 Å². The minimum absolute atomic E-state index is 0.142. The zero-order valence-electron chi connectivity index (χ0n) is 17.0. The first-order valence-corrected chi connectivity index (χ1v) is 9.25. The summed E-state index contributed by atoms with van der Waals surface area (Å²) >= 11 is 0. The Bertz CT molecular complexity index is 999. The maximum atomic E-state index is 13.2. The molecule has 0 spiro atoms. The van der Waals surface area contributed by atoms with Crippen LogP contribution in [0.25, 0.3) is 5.69 Å². The lowest BCUT2D eigenvalue weighted by atomic mass is 10.1. The number of hydrogen-bond donors (Lipinski definition) is 0. The van der Waals surface area contributed by atoms with E-state index < -0.39 is 0 Å². The Hall–Kier alpha value is -3.35. The Labute approximate surface area is 169 Å². The van der Waals surface area contributed by atoms with Crippen LogP contribution in [0.4, 0.5) is 4.39 Å². The van der Waals surface area contributed by atoms with Gasteiger partial charge in [0, 0.05) is 7.05 Å². The molecule has 0 aliphatic carbocycles. The van der Waals surface area contributed by atoms with Crippen LogP contribution < -0.4 is 9.47 Å². The summed E-state index contributed by atoms with van der Waals surface area (Å²) < 4.78 is 25.9. The largest absolute Gasteiger partial charge is 0.493 e. The number of ether oxygens (including phenoxy) is 2. The maximum absolute atomic E-state index is 13.2. The number of carbonyl (C=O) groups excluding carboxylic acids is 1. The Morgan fingerprint density at radius 1 is 1.10 bits per heavy atom. The van der Waals surface area contributed by atoms with Gasteiger partial charge >= 0.3 is 0 Å². The van der Waals surface area contributed by atoms with Gasteiger partial charge in [-0.2, -0.15) is 5.10 Å². The third-order valence-corrected chi connectivity index (χ3v) is 4.68. The molecule has 1 aromatic heterocycles. The van der Waals surface area contributed by atoms with Crippen LogP contribution in [0, 0.1) is 19.7 Å². The number of amides is 1. The molecule has 1 amide bonds. The van der Waals surface area contributed by atoms with Gasteiger partial charge < -0.3 is 14.4 Å². The minimum atomic E-state index is -0.318. The van der Waals surface area contributed by atoms with Crippen LogP contribution in [0.1, 0.15) is 21.7 Å². The number of rotatable bonds is 7. The molecule has 0 fully saturated rings. The molecular weight excluding hydrogens is 373 g/mol. The predicted octanol–water partition coefficient (Wildman–Crippen LogP) is 3.79. The van der Waals surface area contributed by atoms with Crippen molar-refractivity contribution in [1.82, 2.24) is 14.7 Å². The normalized spacial score (nSPS) is 10.7. The van der Waals surface area contributed by atoms with Crippen LogP contribution in [-0.4, -0.2) is 47.9 Å². The highest BCUT2D eigenvalue weighted by atomic mass is 19.1. The highest BCUT2D eigenvalue weighted by Crippen LogP contribution is 2.25. The van der Waals surface area contributed by atoms with Gasteiger partial charge in [-0.3, -0.25) is 4.79 Å². The van der Waals surface area contributed by atoms with E-state index in [1.807, 2.05) is 31.2 Å². The lowest BCUT2D eigenvalue weighted by Crippen LogP contribution is -2.31. The van der Waals surface area contributed by atoms with Crippen molar-refractivity contribution in [2.45, 2.75) is 13.8 Å². The summed E-state index contributed by atoms with van der Waals surface area (Å²) in [6.45, 7) is 4.35. The van der Waals surface area contributed by atoms with Crippen LogP contribution in [0.15, 0.2) is 48.5 Å². The van der Waals surface area contributed by atoms with Crippen LogP contribution >= 0.6 is 0 Å². The number of para-hydroxylation sites is 2. The fourth-order valence-electron chi connectivity index (χ4n) is 3.11. The second-order valence-corrected chi connectivity index (χ2v) is 6.66. The summed E-state index contributed by atoms with van der Waals surface area (Å²) in [4.78, 5) is 14.6. The highest BCUT2D eigenvalue weighted by Gasteiger charge is 2.22. The molecule has 3 aromatic rings. The van der Waals surface area contributed by atoms with Crippen molar-refractivity contribution in [1.29, 1.82) is 0 Å². The van der Waals surface area contributed by atoms with Gasteiger partial charge in [0.25, 0.3) is 5.91 Å². The van der Waals surface area contributed by atoms with Gasteiger partial charge in [0.2, 0.25) is 0 Å². The van der Waals surface area contributed by atoms with E-state index in [9.17, 15) is 9.18 Å². The molecule has 152 valence electrons. The molecule has 7 heteroatoms. The first-order valence-electron chi connectivity index (χ1n) is 9.25. The van der Waals surface area contributed by atoms with E-state index in [0.717, 1.165) is 0 Å². The van der Waals surface area contributed by atoms with Crippen LogP contribution in [0.5, 0.6) is 11.5 Å². The Morgan fingerprint density at radius 3 is 2.41 bits per heavy atom. The molecular formula is C22H24FN3O3. The molecule has 0 atom stereocenters. The first kappa shape index (κ1) is 20.4. The number of aryl methyl sites for hydroxylation is 1. The zero-order chi connectivity index (χ0) is 21.0. The van der Waals surface area contributed by atoms with Gasteiger partial charge in [-0.15, -0.1) is 0 Å². The van der Waals surface area contributed by atoms with Crippen molar-refractivity contribution < 1.29 is 18.7 Å². The molecule has 0 aliphatic rings. The van der Waals surface area contributed by atoms with Crippen LogP contribution in [0.3, 0.4) is 0 Å². The third kappa shape index (κ3) is 4.39. The fraction of sp³-hybridized carbons (Fsp3) is 0.273. The van der Waals surface area contributed by atoms with Crippen molar-refractivity contribution in [3.8, 4) is 17.2 Å². The van der Waals surface area contributed by atoms with Gasteiger partial charge in [0.15, 0.2) is 11.5 Å². The SMILES string of the molecule is COc1ccccc1OCCN(C)C(=O)c1c(C)nn(-c2ccc(F)cc2)c1C. The molecule has 0 aliphatic heterocycles. The average molecular weight is 397 g/mol. The summed E-state index contributed by atoms with van der Waals surface area (Å²) in [5, 5.41) is 4.46. The predicted molar refractivity (Wildman–Crippen MR) is 108 cm³/mol. The number of nitrogens with zero attached hydrogens (tertiary/aromatic N) is 3. The Kier molecular flexibility index (Phi) is 6.16. The van der Waals surface area contributed by atoms with E-state index in [4.69, 9.17) is 9.47 Å². The zero-order valence-corrected chi connectivity index (χ0v) is 17.0. The fourth-order valence-corrected chi connectivity index (χ4v) is 3.11. The first-order chi connectivity index (χ1) is 13.9. The van der Waals surface area contributed by atoms with E-state index in [-0.39, 0.29) is 11.7 Å². The molecule has 1 heterocycles. The van der Waals surface area contributed by atoms with E-state index in [1.54, 1.807) is 42.8 Å². The monoisotopic (exact) mass is 397 g/mol.